The van der Waals surface area contributed by atoms with Gasteiger partial charge in [0.15, 0.2) is 0 Å². The number of para-hydroxylation sites is 1. The molecule has 1 atom stereocenters. The molecule has 0 spiro atoms. The molecule has 126 valence electrons. The van der Waals surface area contributed by atoms with E-state index in [9.17, 15) is 4.79 Å². The van der Waals surface area contributed by atoms with E-state index < -0.39 is 0 Å². The summed E-state index contributed by atoms with van der Waals surface area (Å²) in [5, 5.41) is 3.92. The molecule has 0 aliphatic carbocycles. The van der Waals surface area contributed by atoms with Crippen LogP contribution in [0.5, 0.6) is 0 Å². The van der Waals surface area contributed by atoms with Gasteiger partial charge in [-0.3, -0.25) is 4.79 Å². The van der Waals surface area contributed by atoms with Crippen molar-refractivity contribution in [3.05, 3.63) is 65.7 Å². The fourth-order valence-corrected chi connectivity index (χ4v) is 4.05. The lowest BCUT2D eigenvalue weighted by molar-refractivity contribution is -0.119. The molecule has 0 saturated carbocycles. The second kappa shape index (κ2) is 6.69. The lowest BCUT2D eigenvalue weighted by Crippen LogP contribution is -2.39. The molecule has 5 heteroatoms. The minimum atomic E-state index is -0.0642. The number of anilines is 2. The van der Waals surface area contributed by atoms with Crippen molar-refractivity contribution >= 4 is 27.9 Å². The Bertz CT molecular complexity index is 891. The monoisotopic (exact) mass is 349 g/mol. The molecule has 1 aliphatic rings. The van der Waals surface area contributed by atoms with Crippen LogP contribution >= 0.6 is 11.3 Å². The lowest BCUT2D eigenvalue weighted by atomic mass is 9.92. The topological polar surface area (TPSA) is 45.2 Å². The van der Waals surface area contributed by atoms with Crippen molar-refractivity contribution in [2.45, 2.75) is 6.42 Å². The second-order valence-electron chi connectivity index (χ2n) is 6.30. The van der Waals surface area contributed by atoms with E-state index in [1.807, 2.05) is 49.5 Å². The fourth-order valence-electron chi connectivity index (χ4n) is 3.34. The van der Waals surface area contributed by atoms with Gasteiger partial charge in [-0.2, -0.15) is 0 Å². The number of carbonyl (C=O) groups excluding carboxylic acids is 1. The minimum absolute atomic E-state index is 0.0581. The van der Waals surface area contributed by atoms with Crippen LogP contribution in [-0.2, 0) is 11.2 Å². The van der Waals surface area contributed by atoms with Gasteiger partial charge in [0.05, 0.1) is 11.4 Å². The second-order valence-corrected chi connectivity index (χ2v) is 7.15. The number of rotatable bonds is 3. The zero-order valence-electron chi connectivity index (χ0n) is 14.0. The highest BCUT2D eigenvalue weighted by molar-refractivity contribution is 7.14. The molecule has 1 amide bonds. The molecule has 0 fully saturated rings. The number of thiazole rings is 1. The van der Waals surface area contributed by atoms with Crippen LogP contribution in [0.4, 0.5) is 10.7 Å². The Morgan fingerprint density at radius 3 is 2.76 bits per heavy atom. The van der Waals surface area contributed by atoms with Crippen LogP contribution in [0.15, 0.2) is 60.1 Å². The average molecular weight is 349 g/mol. The van der Waals surface area contributed by atoms with Crippen molar-refractivity contribution in [2.24, 2.45) is 5.92 Å². The van der Waals surface area contributed by atoms with Crippen molar-refractivity contribution in [1.29, 1.82) is 0 Å². The van der Waals surface area contributed by atoms with Crippen LogP contribution < -0.4 is 10.2 Å². The van der Waals surface area contributed by atoms with Gasteiger partial charge in [0, 0.05) is 24.8 Å². The first kappa shape index (κ1) is 15.8. The van der Waals surface area contributed by atoms with Gasteiger partial charge in [0.2, 0.25) is 5.91 Å². The molecular weight excluding hydrogens is 330 g/mol. The van der Waals surface area contributed by atoms with Crippen molar-refractivity contribution in [1.82, 2.24) is 4.98 Å². The molecule has 0 saturated heterocycles. The average Bonchev–Trinajstić information content (AvgIpc) is 3.10. The smallest absolute Gasteiger partial charge is 0.230 e. The summed E-state index contributed by atoms with van der Waals surface area (Å²) in [6, 6.07) is 18.2. The molecule has 1 N–H and O–H groups in total. The SMILES string of the molecule is CN1CC(C(=O)Nc2scnc2-c2ccccc2)Cc2ccccc21. The van der Waals surface area contributed by atoms with E-state index >= 15 is 0 Å². The molecule has 4 nitrogen and oxygen atoms in total. The van der Waals surface area contributed by atoms with Crippen molar-refractivity contribution in [3.8, 4) is 11.3 Å². The quantitative estimate of drug-likeness (QED) is 0.776. The largest absolute Gasteiger partial charge is 0.374 e. The number of nitrogens with zero attached hydrogens (tertiary/aromatic N) is 2. The normalized spacial score (nSPS) is 16.4. The third-order valence-electron chi connectivity index (χ3n) is 4.59. The molecule has 2 aromatic carbocycles. The van der Waals surface area contributed by atoms with Gasteiger partial charge in [-0.15, -0.1) is 11.3 Å². The standard InChI is InChI=1S/C20H19N3OS/c1-23-12-16(11-15-9-5-6-10-17(15)23)19(24)22-20-18(21-13-25-20)14-7-3-2-4-8-14/h2-10,13,16H,11-12H2,1H3,(H,22,24). The van der Waals surface area contributed by atoms with Crippen molar-refractivity contribution < 1.29 is 4.79 Å². The summed E-state index contributed by atoms with van der Waals surface area (Å²) < 4.78 is 0. The van der Waals surface area contributed by atoms with E-state index in [1.165, 1.54) is 22.6 Å². The van der Waals surface area contributed by atoms with Gasteiger partial charge in [-0.25, -0.2) is 4.98 Å². The third-order valence-corrected chi connectivity index (χ3v) is 5.33. The van der Waals surface area contributed by atoms with Crippen molar-refractivity contribution in [3.63, 3.8) is 0 Å². The Morgan fingerprint density at radius 2 is 1.92 bits per heavy atom. The van der Waals surface area contributed by atoms with E-state index in [1.54, 1.807) is 5.51 Å². The first-order chi connectivity index (χ1) is 12.2. The van der Waals surface area contributed by atoms with Gasteiger partial charge in [-0.05, 0) is 18.1 Å². The number of benzene rings is 2. The predicted molar refractivity (Wildman–Crippen MR) is 103 cm³/mol. The summed E-state index contributed by atoms with van der Waals surface area (Å²) in [6.45, 7) is 0.725. The summed E-state index contributed by atoms with van der Waals surface area (Å²) in [7, 11) is 2.04. The molecule has 3 aromatic rings. The number of nitrogens with one attached hydrogen (secondary N) is 1. The Kier molecular flexibility index (Phi) is 4.24. The molecule has 0 bridgehead atoms. The van der Waals surface area contributed by atoms with E-state index in [0.29, 0.717) is 0 Å². The molecule has 0 radical (unpaired) electrons. The number of fused-ring (bicyclic) bond motifs is 1. The molecule has 1 aliphatic heterocycles. The van der Waals surface area contributed by atoms with Gasteiger partial charge in [-0.1, -0.05) is 48.5 Å². The maximum absolute atomic E-state index is 12.8. The van der Waals surface area contributed by atoms with Gasteiger partial charge in [0.25, 0.3) is 0 Å². The predicted octanol–water partition coefficient (Wildman–Crippen LogP) is 4.06. The van der Waals surface area contributed by atoms with Gasteiger partial charge in [0.1, 0.15) is 10.7 Å². The van der Waals surface area contributed by atoms with Gasteiger partial charge < -0.3 is 10.2 Å². The Balaban J connectivity index is 1.54. The summed E-state index contributed by atoms with van der Waals surface area (Å²) in [4.78, 5) is 19.4. The highest BCUT2D eigenvalue weighted by atomic mass is 32.1. The molecule has 1 unspecified atom stereocenters. The number of hydrogen-bond acceptors (Lipinski definition) is 4. The van der Waals surface area contributed by atoms with Crippen LogP contribution in [0.25, 0.3) is 11.3 Å². The van der Waals surface area contributed by atoms with Gasteiger partial charge >= 0.3 is 0 Å². The maximum Gasteiger partial charge on any atom is 0.230 e. The first-order valence-electron chi connectivity index (χ1n) is 8.31. The Hall–Kier alpha value is -2.66. The molecule has 2 heterocycles. The summed E-state index contributed by atoms with van der Waals surface area (Å²) in [6.07, 6.45) is 0.770. The zero-order chi connectivity index (χ0) is 17.2. The lowest BCUT2D eigenvalue weighted by Gasteiger charge is -2.32. The van der Waals surface area contributed by atoms with E-state index in [4.69, 9.17) is 0 Å². The summed E-state index contributed by atoms with van der Waals surface area (Å²) in [5.74, 6) is -0.00610. The number of amides is 1. The molecular formula is C20H19N3OS. The maximum atomic E-state index is 12.8. The number of carbonyl (C=O) groups is 1. The van der Waals surface area contributed by atoms with Crippen LogP contribution in [0.3, 0.4) is 0 Å². The fraction of sp³-hybridized carbons (Fsp3) is 0.200. The number of hydrogen-bond donors (Lipinski definition) is 1. The van der Waals surface area contributed by atoms with Crippen molar-refractivity contribution in [2.75, 3.05) is 23.8 Å². The highest BCUT2D eigenvalue weighted by Gasteiger charge is 2.28. The van der Waals surface area contributed by atoms with E-state index in [2.05, 4.69) is 27.3 Å². The Labute approximate surface area is 151 Å². The first-order valence-corrected chi connectivity index (χ1v) is 9.19. The van der Waals surface area contributed by atoms with E-state index in [-0.39, 0.29) is 11.8 Å². The zero-order valence-corrected chi connectivity index (χ0v) is 14.8. The van der Waals surface area contributed by atoms with E-state index in [0.717, 1.165) is 29.2 Å². The van der Waals surface area contributed by atoms with Crippen LogP contribution in [0.2, 0.25) is 0 Å². The molecule has 4 rings (SSSR count). The van der Waals surface area contributed by atoms with Crippen LogP contribution in [-0.4, -0.2) is 24.5 Å². The summed E-state index contributed by atoms with van der Waals surface area (Å²) in [5.41, 5.74) is 6.08. The molecule has 1 aromatic heterocycles. The third kappa shape index (κ3) is 3.15. The van der Waals surface area contributed by atoms with Crippen LogP contribution in [0, 0.1) is 5.92 Å². The highest BCUT2D eigenvalue weighted by Crippen LogP contribution is 2.32. The molecule has 25 heavy (non-hydrogen) atoms. The summed E-state index contributed by atoms with van der Waals surface area (Å²) >= 11 is 1.47. The van der Waals surface area contributed by atoms with Crippen LogP contribution in [0.1, 0.15) is 5.56 Å². The Morgan fingerprint density at radius 1 is 1.16 bits per heavy atom. The number of aromatic nitrogens is 1. The minimum Gasteiger partial charge on any atom is -0.374 e.